The highest BCUT2D eigenvalue weighted by Crippen LogP contribution is 2.32. The minimum absolute atomic E-state index is 0. The molecule has 0 aliphatic carbocycles. The van der Waals surface area contributed by atoms with Crippen LogP contribution < -0.4 is 5.73 Å². The number of rotatable bonds is 4. The molecular weight excluding hydrogens is 320 g/mol. The molecule has 2 aromatic heterocycles. The monoisotopic (exact) mass is 338 g/mol. The van der Waals surface area contributed by atoms with Gasteiger partial charge in [-0.2, -0.15) is 0 Å². The molecule has 3 heterocycles. The molecule has 0 spiro atoms. The normalized spacial score (nSPS) is 17.3. The average Bonchev–Trinajstić information content (AvgIpc) is 3.17. The molecule has 22 heavy (non-hydrogen) atoms. The molecule has 1 aliphatic heterocycles. The molecule has 3 rings (SSSR count). The molecule has 0 saturated carbocycles. The van der Waals surface area contributed by atoms with Gasteiger partial charge in [0.25, 0.3) is 5.91 Å². The van der Waals surface area contributed by atoms with Gasteiger partial charge in [0.15, 0.2) is 0 Å². The Balaban J connectivity index is 0.00000176. The molecule has 1 unspecified atom stereocenters. The Labute approximate surface area is 140 Å². The average molecular weight is 339 g/mol. The van der Waals surface area contributed by atoms with Gasteiger partial charge in [-0.15, -0.1) is 23.7 Å². The number of carbonyl (C=O) groups excluding carboxylic acids is 1. The minimum Gasteiger partial charge on any atom is -0.330 e. The summed E-state index contributed by atoms with van der Waals surface area (Å²) in [7, 11) is 0. The Kier molecular flexibility index (Phi) is 5.88. The first-order valence-corrected chi connectivity index (χ1v) is 8.03. The van der Waals surface area contributed by atoms with Crippen molar-refractivity contribution in [2.75, 3.05) is 13.1 Å². The Morgan fingerprint density at radius 1 is 1.41 bits per heavy atom. The van der Waals surface area contributed by atoms with Crippen molar-refractivity contribution in [3.05, 3.63) is 46.2 Å². The number of carbonyl (C=O) groups is 1. The van der Waals surface area contributed by atoms with Crippen molar-refractivity contribution in [2.45, 2.75) is 25.3 Å². The van der Waals surface area contributed by atoms with E-state index in [1.165, 1.54) is 11.3 Å². The Morgan fingerprint density at radius 2 is 2.18 bits per heavy atom. The molecule has 0 radical (unpaired) electrons. The number of thiazole rings is 1. The summed E-state index contributed by atoms with van der Waals surface area (Å²) >= 11 is 1.51. The van der Waals surface area contributed by atoms with Gasteiger partial charge in [0.05, 0.1) is 11.0 Å². The fourth-order valence-corrected chi connectivity index (χ4v) is 3.52. The summed E-state index contributed by atoms with van der Waals surface area (Å²) in [5.41, 5.74) is 7.22. The van der Waals surface area contributed by atoms with Crippen LogP contribution in [0.4, 0.5) is 0 Å². The van der Waals surface area contributed by atoms with Crippen molar-refractivity contribution in [3.8, 4) is 0 Å². The quantitative estimate of drug-likeness (QED) is 0.929. The lowest BCUT2D eigenvalue weighted by atomic mass is 10.1. The summed E-state index contributed by atoms with van der Waals surface area (Å²) in [6, 6.07) is 4.11. The molecule has 1 aliphatic rings. The van der Waals surface area contributed by atoms with Crippen LogP contribution in [0.1, 0.15) is 39.9 Å². The van der Waals surface area contributed by atoms with E-state index >= 15 is 0 Å². The molecular formula is C15H19ClN4OS. The van der Waals surface area contributed by atoms with E-state index in [-0.39, 0.29) is 24.4 Å². The fraction of sp³-hybridized carbons (Fsp3) is 0.400. The molecule has 118 valence electrons. The van der Waals surface area contributed by atoms with Crippen LogP contribution in [0, 0.1) is 0 Å². The highest BCUT2D eigenvalue weighted by molar-refractivity contribution is 7.09. The van der Waals surface area contributed by atoms with E-state index < -0.39 is 0 Å². The lowest BCUT2D eigenvalue weighted by molar-refractivity contribution is 0.0730. The number of pyridine rings is 1. The van der Waals surface area contributed by atoms with Crippen molar-refractivity contribution in [1.82, 2.24) is 14.9 Å². The number of nitrogens with two attached hydrogens (primary N) is 1. The zero-order valence-corrected chi connectivity index (χ0v) is 13.8. The predicted octanol–water partition coefficient (Wildman–Crippen LogP) is 2.44. The lowest BCUT2D eigenvalue weighted by Gasteiger charge is -2.24. The molecule has 0 bridgehead atoms. The summed E-state index contributed by atoms with van der Waals surface area (Å²) in [5.74, 6) is 0.0221. The summed E-state index contributed by atoms with van der Waals surface area (Å²) in [4.78, 5) is 23.0. The second-order valence-electron chi connectivity index (χ2n) is 5.10. The van der Waals surface area contributed by atoms with Gasteiger partial charge in [-0.3, -0.25) is 9.78 Å². The highest BCUT2D eigenvalue weighted by atomic mass is 35.5. The van der Waals surface area contributed by atoms with Crippen LogP contribution in [0.25, 0.3) is 0 Å². The van der Waals surface area contributed by atoms with E-state index in [0.29, 0.717) is 12.2 Å². The Bertz CT molecular complexity index is 619. The Hall–Kier alpha value is -1.50. The van der Waals surface area contributed by atoms with Gasteiger partial charge in [0.1, 0.15) is 5.69 Å². The molecule has 2 N–H and O–H groups in total. The van der Waals surface area contributed by atoms with Crippen LogP contribution in [0.5, 0.6) is 0 Å². The van der Waals surface area contributed by atoms with Crippen LogP contribution in [-0.2, 0) is 6.42 Å². The largest absolute Gasteiger partial charge is 0.330 e. The van der Waals surface area contributed by atoms with Gasteiger partial charge in [0, 0.05) is 30.7 Å². The zero-order valence-electron chi connectivity index (χ0n) is 12.1. The van der Waals surface area contributed by atoms with Gasteiger partial charge in [-0.25, -0.2) is 4.98 Å². The van der Waals surface area contributed by atoms with Crippen LogP contribution in [0.3, 0.4) is 0 Å². The van der Waals surface area contributed by atoms with Crippen molar-refractivity contribution in [2.24, 2.45) is 5.73 Å². The second-order valence-corrected chi connectivity index (χ2v) is 6.04. The topological polar surface area (TPSA) is 72.1 Å². The second kappa shape index (κ2) is 7.67. The standard InChI is InChI=1S/C15H18N4OS.ClH/c16-6-3-14-18-12(10-21-14)15(20)19-9-1-2-13(19)11-4-7-17-8-5-11;/h4-5,7-8,10,13H,1-3,6,9,16H2;1H. The van der Waals surface area contributed by atoms with Gasteiger partial charge in [0.2, 0.25) is 0 Å². The lowest BCUT2D eigenvalue weighted by Crippen LogP contribution is -2.30. The first-order chi connectivity index (χ1) is 10.3. The molecule has 7 heteroatoms. The van der Waals surface area contributed by atoms with E-state index in [4.69, 9.17) is 5.73 Å². The Morgan fingerprint density at radius 3 is 2.91 bits per heavy atom. The van der Waals surface area contributed by atoms with Crippen LogP contribution >= 0.6 is 23.7 Å². The summed E-state index contributed by atoms with van der Waals surface area (Å²) in [5, 5.41) is 2.77. The number of aromatic nitrogens is 2. The zero-order chi connectivity index (χ0) is 14.7. The van der Waals surface area contributed by atoms with Crippen LogP contribution in [0.2, 0.25) is 0 Å². The van der Waals surface area contributed by atoms with Gasteiger partial charge < -0.3 is 10.6 Å². The fourth-order valence-electron chi connectivity index (χ4n) is 2.74. The summed E-state index contributed by atoms with van der Waals surface area (Å²) < 4.78 is 0. The molecule has 5 nitrogen and oxygen atoms in total. The van der Waals surface area contributed by atoms with Crippen molar-refractivity contribution in [1.29, 1.82) is 0 Å². The number of halogens is 1. The number of hydrogen-bond donors (Lipinski definition) is 1. The van der Waals surface area contributed by atoms with E-state index in [9.17, 15) is 4.79 Å². The van der Waals surface area contributed by atoms with E-state index in [1.807, 2.05) is 22.4 Å². The van der Waals surface area contributed by atoms with Crippen LogP contribution in [-0.4, -0.2) is 33.9 Å². The maximum absolute atomic E-state index is 12.7. The van der Waals surface area contributed by atoms with E-state index in [2.05, 4.69) is 9.97 Å². The van der Waals surface area contributed by atoms with Gasteiger partial charge >= 0.3 is 0 Å². The maximum atomic E-state index is 12.7. The number of amides is 1. The highest BCUT2D eigenvalue weighted by Gasteiger charge is 2.31. The van der Waals surface area contributed by atoms with Gasteiger partial charge in [-0.1, -0.05) is 0 Å². The number of hydrogen-bond acceptors (Lipinski definition) is 5. The van der Waals surface area contributed by atoms with E-state index in [0.717, 1.165) is 36.4 Å². The molecule has 1 saturated heterocycles. The summed E-state index contributed by atoms with van der Waals surface area (Å²) in [6.45, 7) is 1.35. The van der Waals surface area contributed by atoms with E-state index in [1.54, 1.807) is 12.4 Å². The first kappa shape index (κ1) is 16.9. The van der Waals surface area contributed by atoms with Gasteiger partial charge in [-0.05, 0) is 37.1 Å². The molecule has 0 aromatic carbocycles. The van der Waals surface area contributed by atoms with Crippen LogP contribution in [0.15, 0.2) is 29.9 Å². The molecule has 1 atom stereocenters. The third-order valence-electron chi connectivity index (χ3n) is 3.73. The number of likely N-dealkylation sites (tertiary alicyclic amines) is 1. The molecule has 2 aromatic rings. The third-order valence-corrected chi connectivity index (χ3v) is 4.64. The van der Waals surface area contributed by atoms with Crippen molar-refractivity contribution in [3.63, 3.8) is 0 Å². The first-order valence-electron chi connectivity index (χ1n) is 7.15. The van der Waals surface area contributed by atoms with Crippen molar-refractivity contribution >= 4 is 29.7 Å². The van der Waals surface area contributed by atoms with Crippen molar-refractivity contribution < 1.29 is 4.79 Å². The smallest absolute Gasteiger partial charge is 0.273 e. The number of nitrogens with zero attached hydrogens (tertiary/aromatic N) is 3. The minimum atomic E-state index is 0. The predicted molar refractivity (Wildman–Crippen MR) is 89.4 cm³/mol. The molecule has 1 fully saturated rings. The molecule has 1 amide bonds. The summed E-state index contributed by atoms with van der Waals surface area (Å²) in [6.07, 6.45) is 6.30. The maximum Gasteiger partial charge on any atom is 0.273 e. The SMILES string of the molecule is Cl.NCCc1nc(C(=O)N2CCCC2c2ccncc2)cs1. The third kappa shape index (κ3) is 3.45.